The highest BCUT2D eigenvalue weighted by atomic mass is 16.5. The molecule has 1 unspecified atom stereocenters. The fraction of sp³-hybridized carbons (Fsp3) is 0.647. The summed E-state index contributed by atoms with van der Waals surface area (Å²) in [6.45, 7) is 12.6. The molecule has 3 nitrogen and oxygen atoms in total. The van der Waals surface area contributed by atoms with Crippen LogP contribution in [0.25, 0.3) is 0 Å². The van der Waals surface area contributed by atoms with E-state index in [1.165, 1.54) is 5.56 Å². The second-order valence-corrected chi connectivity index (χ2v) is 6.75. The molecule has 0 aromatic heterocycles. The van der Waals surface area contributed by atoms with E-state index >= 15 is 0 Å². The van der Waals surface area contributed by atoms with Crippen LogP contribution >= 0.6 is 0 Å². The van der Waals surface area contributed by atoms with E-state index in [9.17, 15) is 5.11 Å². The third-order valence-corrected chi connectivity index (χ3v) is 3.19. The zero-order valence-corrected chi connectivity index (χ0v) is 13.5. The fourth-order valence-electron chi connectivity index (χ4n) is 1.94. The van der Waals surface area contributed by atoms with E-state index in [2.05, 4.69) is 39.1 Å². The summed E-state index contributed by atoms with van der Waals surface area (Å²) in [7, 11) is 0. The molecule has 1 aromatic carbocycles. The van der Waals surface area contributed by atoms with Gasteiger partial charge in [0.1, 0.15) is 18.5 Å². The Labute approximate surface area is 123 Å². The zero-order valence-electron chi connectivity index (χ0n) is 13.5. The van der Waals surface area contributed by atoms with Gasteiger partial charge in [0.25, 0.3) is 0 Å². The molecule has 0 saturated heterocycles. The molecule has 20 heavy (non-hydrogen) atoms. The molecule has 1 rings (SSSR count). The smallest absolute Gasteiger partial charge is 0.122 e. The Balaban J connectivity index is 2.24. The summed E-state index contributed by atoms with van der Waals surface area (Å²) < 4.78 is 5.66. The Morgan fingerprint density at radius 3 is 2.55 bits per heavy atom. The van der Waals surface area contributed by atoms with Gasteiger partial charge in [0.05, 0.1) is 0 Å². The van der Waals surface area contributed by atoms with Crippen molar-refractivity contribution in [3.05, 3.63) is 29.3 Å². The molecule has 0 aliphatic heterocycles. The SMILES string of the molecule is Cc1ccc(OCC(O)CNCCC(C)(C)C)c(C)c1. The fourth-order valence-corrected chi connectivity index (χ4v) is 1.94. The third kappa shape index (κ3) is 6.92. The molecule has 1 aromatic rings. The van der Waals surface area contributed by atoms with Crippen LogP contribution in [-0.2, 0) is 0 Å². The molecule has 0 spiro atoms. The maximum atomic E-state index is 9.90. The quantitative estimate of drug-likeness (QED) is 0.754. The Morgan fingerprint density at radius 1 is 1.25 bits per heavy atom. The van der Waals surface area contributed by atoms with Gasteiger partial charge in [0, 0.05) is 6.54 Å². The summed E-state index contributed by atoms with van der Waals surface area (Å²) in [5.41, 5.74) is 2.66. The van der Waals surface area contributed by atoms with Gasteiger partial charge < -0.3 is 15.2 Å². The molecule has 0 saturated carbocycles. The molecular weight excluding hydrogens is 250 g/mol. The molecule has 0 fully saturated rings. The second kappa shape index (κ2) is 7.65. The first-order chi connectivity index (χ1) is 9.28. The summed E-state index contributed by atoms with van der Waals surface area (Å²) in [6, 6.07) is 6.07. The topological polar surface area (TPSA) is 41.5 Å². The van der Waals surface area contributed by atoms with Gasteiger partial charge in [-0.15, -0.1) is 0 Å². The Morgan fingerprint density at radius 2 is 1.95 bits per heavy atom. The summed E-state index contributed by atoms with van der Waals surface area (Å²) in [5.74, 6) is 0.851. The van der Waals surface area contributed by atoms with Gasteiger partial charge in [-0.2, -0.15) is 0 Å². The lowest BCUT2D eigenvalue weighted by Crippen LogP contribution is -2.33. The first-order valence-corrected chi connectivity index (χ1v) is 7.37. The van der Waals surface area contributed by atoms with Crippen LogP contribution in [0, 0.1) is 19.3 Å². The third-order valence-electron chi connectivity index (χ3n) is 3.19. The number of nitrogens with one attached hydrogen (secondary N) is 1. The van der Waals surface area contributed by atoms with Crippen molar-refractivity contribution in [2.24, 2.45) is 5.41 Å². The first kappa shape index (κ1) is 17.0. The van der Waals surface area contributed by atoms with Gasteiger partial charge >= 0.3 is 0 Å². The average Bonchev–Trinajstić information content (AvgIpc) is 2.32. The van der Waals surface area contributed by atoms with Crippen LogP contribution in [-0.4, -0.2) is 30.9 Å². The van der Waals surface area contributed by atoms with Gasteiger partial charge in [0.2, 0.25) is 0 Å². The molecule has 0 radical (unpaired) electrons. The number of benzene rings is 1. The van der Waals surface area contributed by atoms with Crippen molar-refractivity contribution < 1.29 is 9.84 Å². The first-order valence-electron chi connectivity index (χ1n) is 7.37. The van der Waals surface area contributed by atoms with Gasteiger partial charge in [-0.05, 0) is 43.9 Å². The number of rotatable bonds is 7. The van der Waals surface area contributed by atoms with Crippen molar-refractivity contribution >= 4 is 0 Å². The van der Waals surface area contributed by atoms with Crippen LogP contribution in [0.3, 0.4) is 0 Å². The molecule has 0 aliphatic rings. The van der Waals surface area contributed by atoms with Crippen molar-refractivity contribution in [3.8, 4) is 5.75 Å². The predicted molar refractivity (Wildman–Crippen MR) is 84.4 cm³/mol. The normalized spacial score (nSPS) is 13.3. The molecule has 2 N–H and O–H groups in total. The van der Waals surface area contributed by atoms with E-state index in [0.717, 1.165) is 24.3 Å². The van der Waals surface area contributed by atoms with E-state index < -0.39 is 6.10 Å². The molecule has 114 valence electrons. The minimum absolute atomic E-state index is 0.326. The average molecular weight is 279 g/mol. The number of hydrogen-bond donors (Lipinski definition) is 2. The van der Waals surface area contributed by atoms with Crippen LogP contribution in [0.4, 0.5) is 0 Å². The van der Waals surface area contributed by atoms with E-state index in [-0.39, 0.29) is 0 Å². The van der Waals surface area contributed by atoms with Crippen molar-refractivity contribution in [1.82, 2.24) is 5.32 Å². The summed E-state index contributed by atoms with van der Waals surface area (Å²) in [6.07, 6.45) is 0.619. The van der Waals surface area contributed by atoms with Crippen molar-refractivity contribution in [2.45, 2.75) is 47.1 Å². The highest BCUT2D eigenvalue weighted by Gasteiger charge is 2.10. The molecule has 0 amide bonds. The molecule has 1 atom stereocenters. The monoisotopic (exact) mass is 279 g/mol. The summed E-state index contributed by atoms with van der Waals surface area (Å²) in [5, 5.41) is 13.2. The standard InChI is InChI=1S/C17H29NO2/c1-13-6-7-16(14(2)10-13)20-12-15(19)11-18-9-8-17(3,4)5/h6-7,10,15,18-19H,8-9,11-12H2,1-5H3. The molecule has 0 aliphatic carbocycles. The number of aliphatic hydroxyl groups excluding tert-OH is 1. The number of ether oxygens (including phenoxy) is 1. The van der Waals surface area contributed by atoms with E-state index in [4.69, 9.17) is 4.74 Å². The minimum atomic E-state index is -0.476. The molecule has 3 heteroatoms. The highest BCUT2D eigenvalue weighted by molar-refractivity contribution is 5.35. The minimum Gasteiger partial charge on any atom is -0.491 e. The van der Waals surface area contributed by atoms with Crippen molar-refractivity contribution in [2.75, 3.05) is 19.7 Å². The van der Waals surface area contributed by atoms with Crippen LogP contribution in [0.2, 0.25) is 0 Å². The Bertz CT molecular complexity index is 410. The Kier molecular flexibility index (Phi) is 6.50. The van der Waals surface area contributed by atoms with Gasteiger partial charge in [-0.1, -0.05) is 38.5 Å². The van der Waals surface area contributed by atoms with Crippen LogP contribution in [0.1, 0.15) is 38.3 Å². The number of hydrogen-bond acceptors (Lipinski definition) is 3. The van der Waals surface area contributed by atoms with Crippen LogP contribution in [0.15, 0.2) is 18.2 Å². The number of aryl methyl sites for hydroxylation is 2. The molecular formula is C17H29NO2. The maximum absolute atomic E-state index is 9.90. The largest absolute Gasteiger partial charge is 0.491 e. The number of aliphatic hydroxyl groups is 1. The zero-order chi connectivity index (χ0) is 15.2. The lowest BCUT2D eigenvalue weighted by Gasteiger charge is -2.19. The van der Waals surface area contributed by atoms with Crippen molar-refractivity contribution in [3.63, 3.8) is 0 Å². The van der Waals surface area contributed by atoms with Gasteiger partial charge in [-0.25, -0.2) is 0 Å². The van der Waals surface area contributed by atoms with Crippen LogP contribution in [0.5, 0.6) is 5.75 Å². The van der Waals surface area contributed by atoms with E-state index in [1.807, 2.05) is 19.1 Å². The Hall–Kier alpha value is -1.06. The van der Waals surface area contributed by atoms with Crippen molar-refractivity contribution in [1.29, 1.82) is 0 Å². The second-order valence-electron chi connectivity index (χ2n) is 6.75. The van der Waals surface area contributed by atoms with Crippen LogP contribution < -0.4 is 10.1 Å². The van der Waals surface area contributed by atoms with E-state index in [0.29, 0.717) is 18.6 Å². The predicted octanol–water partition coefficient (Wildman–Crippen LogP) is 3.07. The van der Waals surface area contributed by atoms with E-state index in [1.54, 1.807) is 0 Å². The lowest BCUT2D eigenvalue weighted by molar-refractivity contribution is 0.105. The van der Waals surface area contributed by atoms with Gasteiger partial charge in [-0.3, -0.25) is 0 Å². The maximum Gasteiger partial charge on any atom is 0.122 e. The highest BCUT2D eigenvalue weighted by Crippen LogP contribution is 2.19. The summed E-state index contributed by atoms with van der Waals surface area (Å²) in [4.78, 5) is 0. The lowest BCUT2D eigenvalue weighted by atomic mass is 9.92. The molecule has 0 bridgehead atoms. The summed E-state index contributed by atoms with van der Waals surface area (Å²) >= 11 is 0. The van der Waals surface area contributed by atoms with Gasteiger partial charge in [0.15, 0.2) is 0 Å². The molecule has 0 heterocycles.